The fourth-order valence-corrected chi connectivity index (χ4v) is 3.88. The molecular formula is C24H25FN4O2. The summed E-state index contributed by atoms with van der Waals surface area (Å²) in [7, 11) is 0. The zero-order chi connectivity index (χ0) is 22.0. The maximum atomic E-state index is 13.1. The van der Waals surface area contributed by atoms with E-state index in [0.717, 1.165) is 29.7 Å². The lowest BCUT2D eigenvalue weighted by atomic mass is 9.74. The lowest BCUT2D eigenvalue weighted by Crippen LogP contribution is -2.42. The number of benzene rings is 1. The first-order valence-corrected chi connectivity index (χ1v) is 10.3. The van der Waals surface area contributed by atoms with Crippen molar-refractivity contribution >= 4 is 5.91 Å². The van der Waals surface area contributed by atoms with Crippen molar-refractivity contribution in [1.82, 2.24) is 20.3 Å². The van der Waals surface area contributed by atoms with Crippen LogP contribution in [0.5, 0.6) is 5.75 Å². The van der Waals surface area contributed by atoms with Crippen LogP contribution in [0.2, 0.25) is 0 Å². The molecule has 2 aromatic heterocycles. The van der Waals surface area contributed by atoms with E-state index in [0.29, 0.717) is 11.6 Å². The Balaban J connectivity index is 1.53. The van der Waals surface area contributed by atoms with Gasteiger partial charge in [0.05, 0.1) is 11.7 Å². The van der Waals surface area contributed by atoms with Gasteiger partial charge in [0.1, 0.15) is 11.6 Å². The third-order valence-corrected chi connectivity index (χ3v) is 5.43. The number of pyridine rings is 1. The highest BCUT2D eigenvalue weighted by Crippen LogP contribution is 2.40. The number of hydrogen-bond donors (Lipinski definition) is 1. The monoisotopic (exact) mass is 420 g/mol. The molecule has 7 heteroatoms. The molecule has 0 unspecified atom stereocenters. The maximum absolute atomic E-state index is 13.1. The molecule has 0 saturated carbocycles. The van der Waals surface area contributed by atoms with E-state index in [2.05, 4.69) is 29.1 Å². The first-order valence-electron chi connectivity index (χ1n) is 10.3. The molecular weight excluding hydrogens is 395 g/mol. The highest BCUT2D eigenvalue weighted by atomic mass is 19.1. The third kappa shape index (κ3) is 4.87. The molecule has 2 heterocycles. The highest BCUT2D eigenvalue weighted by Gasteiger charge is 2.35. The SMILES string of the molecule is C[C@@H](Oc1ccc(F)cc1)C(=O)N[C@@H]1CC(C)(C)Cc2nc(-c3ccncc3)ncc21. The Bertz CT molecular complexity index is 1070. The molecule has 2 atom stereocenters. The van der Waals surface area contributed by atoms with E-state index in [1.807, 2.05) is 18.3 Å². The van der Waals surface area contributed by atoms with E-state index >= 15 is 0 Å². The highest BCUT2D eigenvalue weighted by molar-refractivity contribution is 5.81. The second-order valence-electron chi connectivity index (χ2n) is 8.65. The molecule has 1 aromatic carbocycles. The van der Waals surface area contributed by atoms with Crippen molar-refractivity contribution in [3.05, 3.63) is 72.1 Å². The Kier molecular flexibility index (Phi) is 5.67. The van der Waals surface area contributed by atoms with Gasteiger partial charge in [-0.15, -0.1) is 0 Å². The molecule has 1 aliphatic rings. The van der Waals surface area contributed by atoms with Crippen LogP contribution < -0.4 is 10.1 Å². The Morgan fingerprint density at radius 1 is 1.19 bits per heavy atom. The van der Waals surface area contributed by atoms with Gasteiger partial charge in [0.15, 0.2) is 11.9 Å². The smallest absolute Gasteiger partial charge is 0.261 e. The molecule has 0 aliphatic heterocycles. The average Bonchev–Trinajstić information content (AvgIpc) is 2.74. The van der Waals surface area contributed by atoms with E-state index in [4.69, 9.17) is 9.72 Å². The van der Waals surface area contributed by atoms with E-state index in [1.54, 1.807) is 19.3 Å². The summed E-state index contributed by atoms with van der Waals surface area (Å²) in [6, 6.07) is 9.17. The van der Waals surface area contributed by atoms with Crippen LogP contribution in [0.15, 0.2) is 55.0 Å². The predicted molar refractivity (Wildman–Crippen MR) is 115 cm³/mol. The van der Waals surface area contributed by atoms with Gasteiger partial charge in [-0.25, -0.2) is 14.4 Å². The Labute approximate surface area is 180 Å². The average molecular weight is 420 g/mol. The zero-order valence-corrected chi connectivity index (χ0v) is 17.8. The van der Waals surface area contributed by atoms with E-state index in [1.165, 1.54) is 24.3 Å². The van der Waals surface area contributed by atoms with Gasteiger partial charge in [-0.3, -0.25) is 9.78 Å². The van der Waals surface area contributed by atoms with Crippen molar-refractivity contribution in [2.75, 3.05) is 0 Å². The van der Waals surface area contributed by atoms with Crippen LogP contribution in [0.3, 0.4) is 0 Å². The predicted octanol–water partition coefficient (Wildman–Crippen LogP) is 4.27. The fourth-order valence-electron chi connectivity index (χ4n) is 3.88. The summed E-state index contributed by atoms with van der Waals surface area (Å²) < 4.78 is 18.8. The van der Waals surface area contributed by atoms with Crippen molar-refractivity contribution in [2.45, 2.75) is 45.8 Å². The Morgan fingerprint density at radius 2 is 1.90 bits per heavy atom. The lowest BCUT2D eigenvalue weighted by Gasteiger charge is -2.37. The number of aromatic nitrogens is 3. The number of amides is 1. The van der Waals surface area contributed by atoms with Crippen molar-refractivity contribution in [3.8, 4) is 17.1 Å². The fraction of sp³-hybridized carbons (Fsp3) is 0.333. The van der Waals surface area contributed by atoms with Gasteiger partial charge in [0.25, 0.3) is 5.91 Å². The molecule has 6 nitrogen and oxygen atoms in total. The summed E-state index contributed by atoms with van der Waals surface area (Å²) in [6.45, 7) is 6.01. The van der Waals surface area contributed by atoms with Crippen molar-refractivity contribution in [3.63, 3.8) is 0 Å². The molecule has 31 heavy (non-hydrogen) atoms. The molecule has 4 rings (SSSR count). The number of hydrogen-bond acceptors (Lipinski definition) is 5. The van der Waals surface area contributed by atoms with Crippen LogP contribution in [0.25, 0.3) is 11.4 Å². The molecule has 0 radical (unpaired) electrons. The van der Waals surface area contributed by atoms with Crippen LogP contribution in [0.1, 0.15) is 44.5 Å². The van der Waals surface area contributed by atoms with E-state index in [-0.39, 0.29) is 23.2 Å². The number of carbonyl (C=O) groups is 1. The molecule has 1 N–H and O–H groups in total. The second-order valence-corrected chi connectivity index (χ2v) is 8.65. The summed E-state index contributed by atoms with van der Waals surface area (Å²) >= 11 is 0. The van der Waals surface area contributed by atoms with Crippen LogP contribution in [0, 0.1) is 11.2 Å². The molecule has 1 amide bonds. The number of ether oxygens (including phenoxy) is 1. The van der Waals surface area contributed by atoms with Gasteiger partial charge in [0, 0.05) is 29.7 Å². The summed E-state index contributed by atoms with van der Waals surface area (Å²) in [5, 5.41) is 3.09. The number of halogens is 1. The van der Waals surface area contributed by atoms with Crippen LogP contribution in [-0.4, -0.2) is 27.0 Å². The van der Waals surface area contributed by atoms with Gasteiger partial charge < -0.3 is 10.1 Å². The van der Waals surface area contributed by atoms with E-state index < -0.39 is 6.10 Å². The molecule has 3 aromatic rings. The summed E-state index contributed by atoms with van der Waals surface area (Å²) in [4.78, 5) is 26.2. The maximum Gasteiger partial charge on any atom is 0.261 e. The van der Waals surface area contributed by atoms with Gasteiger partial charge in [-0.05, 0) is 61.6 Å². The lowest BCUT2D eigenvalue weighted by molar-refractivity contribution is -0.128. The Hall–Kier alpha value is -3.35. The van der Waals surface area contributed by atoms with Gasteiger partial charge in [0.2, 0.25) is 0 Å². The minimum Gasteiger partial charge on any atom is -0.481 e. The van der Waals surface area contributed by atoms with Crippen LogP contribution in [-0.2, 0) is 11.2 Å². The second kappa shape index (κ2) is 8.41. The van der Waals surface area contributed by atoms with Crippen molar-refractivity contribution in [2.24, 2.45) is 5.41 Å². The number of nitrogens with zero attached hydrogens (tertiary/aromatic N) is 3. The van der Waals surface area contributed by atoms with Gasteiger partial charge >= 0.3 is 0 Å². The van der Waals surface area contributed by atoms with E-state index in [9.17, 15) is 9.18 Å². The Morgan fingerprint density at radius 3 is 2.61 bits per heavy atom. The van der Waals surface area contributed by atoms with Gasteiger partial charge in [-0.2, -0.15) is 0 Å². The molecule has 0 saturated heterocycles. The molecule has 160 valence electrons. The quantitative estimate of drug-likeness (QED) is 0.667. The van der Waals surface area contributed by atoms with Crippen LogP contribution >= 0.6 is 0 Å². The van der Waals surface area contributed by atoms with Crippen molar-refractivity contribution in [1.29, 1.82) is 0 Å². The molecule has 0 fully saturated rings. The first kappa shape index (κ1) is 20.9. The summed E-state index contributed by atoms with van der Waals surface area (Å²) in [6.07, 6.45) is 6.09. The molecule has 0 spiro atoms. The molecule has 1 aliphatic carbocycles. The largest absolute Gasteiger partial charge is 0.481 e. The van der Waals surface area contributed by atoms with Crippen LogP contribution in [0.4, 0.5) is 4.39 Å². The van der Waals surface area contributed by atoms with Gasteiger partial charge in [-0.1, -0.05) is 13.8 Å². The normalized spacial score (nSPS) is 18.0. The summed E-state index contributed by atoms with van der Waals surface area (Å²) in [5.74, 6) is 0.503. The number of fused-ring (bicyclic) bond motifs is 1. The zero-order valence-electron chi connectivity index (χ0n) is 17.8. The minimum atomic E-state index is -0.726. The summed E-state index contributed by atoms with van der Waals surface area (Å²) in [5.41, 5.74) is 2.74. The number of carbonyl (C=O) groups excluding carboxylic acids is 1. The standard InChI is InChI=1S/C24H25FN4O2/c1-15(31-18-6-4-17(25)5-7-18)23(30)29-21-13-24(2,3)12-20-19(21)14-27-22(28-20)16-8-10-26-11-9-16/h4-11,14-15,21H,12-13H2,1-3H3,(H,29,30)/t15-,21-/m1/s1. The minimum absolute atomic E-state index is 0.0319. The topological polar surface area (TPSA) is 77.0 Å². The molecule has 0 bridgehead atoms. The van der Waals surface area contributed by atoms with Crippen molar-refractivity contribution < 1.29 is 13.9 Å². The first-order chi connectivity index (χ1) is 14.8. The number of rotatable bonds is 5. The number of nitrogens with one attached hydrogen (secondary N) is 1. The third-order valence-electron chi connectivity index (χ3n) is 5.43.